The van der Waals surface area contributed by atoms with Crippen LogP contribution in [0.5, 0.6) is 0 Å². The lowest BCUT2D eigenvalue weighted by molar-refractivity contribution is -0.146. The SMILES string of the molecule is CC1CCC(NC(=O)c2ccc(=O)n(Cc3ccccc3)n2)(C(=O)O)CC1. The van der Waals surface area contributed by atoms with Crippen LogP contribution in [0.4, 0.5) is 0 Å². The molecule has 0 radical (unpaired) electrons. The standard InChI is InChI=1S/C20H23N3O4/c1-14-9-11-20(12-10-14,19(26)27)21-18(25)16-7-8-17(24)23(22-16)13-15-5-3-2-4-6-15/h2-8,14H,9-13H2,1H3,(H,21,25)(H,26,27). The van der Waals surface area contributed by atoms with Crippen molar-refractivity contribution in [3.63, 3.8) is 0 Å². The van der Waals surface area contributed by atoms with Gasteiger partial charge in [-0.25, -0.2) is 9.48 Å². The highest BCUT2D eigenvalue weighted by Crippen LogP contribution is 2.32. The van der Waals surface area contributed by atoms with Gasteiger partial charge < -0.3 is 10.4 Å². The molecule has 0 spiro atoms. The lowest BCUT2D eigenvalue weighted by Gasteiger charge is -2.36. The zero-order valence-electron chi connectivity index (χ0n) is 15.2. The van der Waals surface area contributed by atoms with Gasteiger partial charge in [0, 0.05) is 6.07 Å². The predicted octanol–water partition coefficient (Wildman–Crippen LogP) is 2.05. The minimum absolute atomic E-state index is 0.0322. The molecular formula is C20H23N3O4. The number of carbonyl (C=O) groups is 2. The third-order valence-corrected chi connectivity index (χ3v) is 5.16. The van der Waals surface area contributed by atoms with Crippen LogP contribution in [0.3, 0.4) is 0 Å². The maximum Gasteiger partial charge on any atom is 0.329 e. The van der Waals surface area contributed by atoms with E-state index < -0.39 is 17.4 Å². The number of aliphatic carboxylic acids is 1. The molecule has 1 fully saturated rings. The molecule has 0 saturated heterocycles. The van der Waals surface area contributed by atoms with E-state index in [-0.39, 0.29) is 17.8 Å². The van der Waals surface area contributed by atoms with E-state index in [1.165, 1.54) is 16.8 Å². The van der Waals surface area contributed by atoms with Crippen LogP contribution < -0.4 is 10.9 Å². The van der Waals surface area contributed by atoms with E-state index in [0.717, 1.165) is 18.4 Å². The highest BCUT2D eigenvalue weighted by Gasteiger charge is 2.42. The Morgan fingerprint density at radius 2 is 1.85 bits per heavy atom. The number of benzene rings is 1. The molecule has 1 aromatic heterocycles. The second-order valence-corrected chi connectivity index (χ2v) is 7.22. The number of carboxylic acid groups (broad SMARTS) is 1. The molecule has 0 unspecified atom stereocenters. The first-order chi connectivity index (χ1) is 12.9. The van der Waals surface area contributed by atoms with E-state index in [2.05, 4.69) is 17.3 Å². The van der Waals surface area contributed by atoms with E-state index in [0.29, 0.717) is 18.8 Å². The first kappa shape index (κ1) is 18.8. The van der Waals surface area contributed by atoms with Gasteiger partial charge in [0.2, 0.25) is 0 Å². The minimum atomic E-state index is -1.27. The summed E-state index contributed by atoms with van der Waals surface area (Å²) in [5, 5.41) is 16.5. The van der Waals surface area contributed by atoms with Crippen LogP contribution in [0.2, 0.25) is 0 Å². The maximum atomic E-state index is 12.7. The number of hydrogen-bond donors (Lipinski definition) is 2. The molecule has 1 heterocycles. The second kappa shape index (κ2) is 7.73. The maximum absolute atomic E-state index is 12.7. The van der Waals surface area contributed by atoms with Crippen molar-refractivity contribution in [2.75, 3.05) is 0 Å². The number of aromatic nitrogens is 2. The summed E-state index contributed by atoms with van der Waals surface area (Å²) < 4.78 is 1.21. The number of rotatable bonds is 5. The van der Waals surface area contributed by atoms with Gasteiger partial charge in [0.1, 0.15) is 11.2 Å². The fraction of sp³-hybridized carbons (Fsp3) is 0.400. The molecule has 1 saturated carbocycles. The molecule has 1 aromatic carbocycles. The second-order valence-electron chi connectivity index (χ2n) is 7.22. The summed E-state index contributed by atoms with van der Waals surface area (Å²) in [7, 11) is 0. The normalized spacial score (nSPS) is 22.2. The van der Waals surface area contributed by atoms with Crippen LogP contribution in [0.25, 0.3) is 0 Å². The molecule has 1 aliphatic rings. The van der Waals surface area contributed by atoms with E-state index in [4.69, 9.17) is 0 Å². The number of amides is 1. The van der Waals surface area contributed by atoms with Crippen LogP contribution in [0.1, 0.15) is 48.7 Å². The van der Waals surface area contributed by atoms with E-state index in [9.17, 15) is 19.5 Å². The van der Waals surface area contributed by atoms with Crippen molar-refractivity contribution in [3.8, 4) is 0 Å². The Morgan fingerprint density at radius 1 is 1.19 bits per heavy atom. The van der Waals surface area contributed by atoms with Crippen molar-refractivity contribution in [3.05, 3.63) is 64.1 Å². The minimum Gasteiger partial charge on any atom is -0.480 e. The van der Waals surface area contributed by atoms with Crippen LogP contribution in [-0.4, -0.2) is 32.3 Å². The van der Waals surface area contributed by atoms with E-state index >= 15 is 0 Å². The molecule has 7 nitrogen and oxygen atoms in total. The summed E-state index contributed by atoms with van der Waals surface area (Å²) in [5.41, 5.74) is -0.682. The topological polar surface area (TPSA) is 101 Å². The smallest absolute Gasteiger partial charge is 0.329 e. The summed E-state index contributed by atoms with van der Waals surface area (Å²) in [6.45, 7) is 2.32. The quantitative estimate of drug-likeness (QED) is 0.840. The van der Waals surface area contributed by atoms with Crippen molar-refractivity contribution in [2.24, 2.45) is 5.92 Å². The molecule has 3 rings (SSSR count). The number of carbonyl (C=O) groups excluding carboxylic acids is 1. The molecule has 7 heteroatoms. The summed E-state index contributed by atoms with van der Waals surface area (Å²) >= 11 is 0. The van der Waals surface area contributed by atoms with Gasteiger partial charge in [-0.3, -0.25) is 9.59 Å². The molecule has 27 heavy (non-hydrogen) atoms. The zero-order valence-corrected chi connectivity index (χ0v) is 15.2. The highest BCUT2D eigenvalue weighted by molar-refractivity contribution is 5.96. The summed E-state index contributed by atoms with van der Waals surface area (Å²) in [6.07, 6.45) is 2.26. The molecule has 0 bridgehead atoms. The number of hydrogen-bond acceptors (Lipinski definition) is 4. The van der Waals surface area contributed by atoms with Gasteiger partial charge in [0.05, 0.1) is 6.54 Å². The van der Waals surface area contributed by atoms with Crippen LogP contribution in [0, 0.1) is 5.92 Å². The molecule has 142 valence electrons. The van der Waals surface area contributed by atoms with Gasteiger partial charge >= 0.3 is 5.97 Å². The number of carboxylic acids is 1. The predicted molar refractivity (Wildman–Crippen MR) is 99.5 cm³/mol. The first-order valence-corrected chi connectivity index (χ1v) is 9.08. The molecule has 1 aliphatic carbocycles. The van der Waals surface area contributed by atoms with Crippen molar-refractivity contribution in [1.82, 2.24) is 15.1 Å². The molecule has 1 amide bonds. The van der Waals surface area contributed by atoms with E-state index in [1.54, 1.807) is 0 Å². The van der Waals surface area contributed by atoms with Gasteiger partial charge in [-0.1, -0.05) is 37.3 Å². The lowest BCUT2D eigenvalue weighted by atomic mass is 9.77. The largest absolute Gasteiger partial charge is 0.480 e. The average molecular weight is 369 g/mol. The van der Waals surface area contributed by atoms with Crippen molar-refractivity contribution in [1.29, 1.82) is 0 Å². The van der Waals surface area contributed by atoms with Crippen molar-refractivity contribution >= 4 is 11.9 Å². The highest BCUT2D eigenvalue weighted by atomic mass is 16.4. The number of nitrogens with one attached hydrogen (secondary N) is 1. The molecule has 2 N–H and O–H groups in total. The average Bonchev–Trinajstić information content (AvgIpc) is 2.66. The molecule has 2 aromatic rings. The summed E-state index contributed by atoms with van der Waals surface area (Å²) in [5.74, 6) is -1.16. The van der Waals surface area contributed by atoms with Crippen molar-refractivity contribution in [2.45, 2.75) is 44.7 Å². The molecule has 0 atom stereocenters. The molecular weight excluding hydrogens is 346 g/mol. The fourth-order valence-electron chi connectivity index (χ4n) is 3.37. The van der Waals surface area contributed by atoms with Gasteiger partial charge in [0.25, 0.3) is 11.5 Å². The van der Waals surface area contributed by atoms with Gasteiger partial charge in [-0.05, 0) is 43.2 Å². The Labute approximate surface area is 157 Å². The monoisotopic (exact) mass is 369 g/mol. The summed E-state index contributed by atoms with van der Waals surface area (Å²) in [6, 6.07) is 11.9. The third-order valence-electron chi connectivity index (χ3n) is 5.16. The van der Waals surface area contributed by atoms with Crippen LogP contribution in [0.15, 0.2) is 47.3 Å². The fourth-order valence-corrected chi connectivity index (χ4v) is 3.37. The Balaban J connectivity index is 1.81. The zero-order chi connectivity index (χ0) is 19.4. The van der Waals surface area contributed by atoms with Gasteiger partial charge in [0.15, 0.2) is 0 Å². The number of nitrogens with zero attached hydrogens (tertiary/aromatic N) is 2. The summed E-state index contributed by atoms with van der Waals surface area (Å²) in [4.78, 5) is 36.6. The van der Waals surface area contributed by atoms with Gasteiger partial charge in [-0.2, -0.15) is 5.10 Å². The third kappa shape index (κ3) is 4.24. The van der Waals surface area contributed by atoms with Crippen LogP contribution in [-0.2, 0) is 11.3 Å². The first-order valence-electron chi connectivity index (χ1n) is 9.08. The molecule has 0 aliphatic heterocycles. The van der Waals surface area contributed by atoms with Crippen LogP contribution >= 0.6 is 0 Å². The Kier molecular flexibility index (Phi) is 5.39. The Bertz CT molecular complexity index is 884. The lowest BCUT2D eigenvalue weighted by Crippen LogP contribution is -2.56. The Morgan fingerprint density at radius 3 is 2.48 bits per heavy atom. The Hall–Kier alpha value is -2.96. The van der Waals surface area contributed by atoms with Crippen molar-refractivity contribution < 1.29 is 14.7 Å². The van der Waals surface area contributed by atoms with E-state index in [1.807, 2.05) is 30.3 Å². The van der Waals surface area contributed by atoms with Gasteiger partial charge in [-0.15, -0.1) is 0 Å².